The quantitative estimate of drug-likeness (QED) is 0.135. The van der Waals surface area contributed by atoms with Crippen molar-refractivity contribution in [2.45, 2.75) is 122 Å². The molecule has 1 atom stereocenters. The summed E-state index contributed by atoms with van der Waals surface area (Å²) in [7, 11) is 0. The Balaban J connectivity index is 1.04. The third-order valence-corrected chi connectivity index (χ3v) is 8.83. The van der Waals surface area contributed by atoms with Crippen LogP contribution in [0.4, 0.5) is 0 Å². The molecule has 0 bridgehead atoms. The average Bonchev–Trinajstić information content (AvgIpc) is 3.73. The summed E-state index contributed by atoms with van der Waals surface area (Å²) in [4.78, 5) is 9.22. The zero-order valence-corrected chi connectivity index (χ0v) is 25.7. The van der Waals surface area contributed by atoms with Crippen LogP contribution in [0.25, 0.3) is 16.9 Å². The molecule has 1 saturated carbocycles. The predicted octanol–water partition coefficient (Wildman–Crippen LogP) is 10.8. The smallest absolute Gasteiger partial charge is 0.267 e. The minimum atomic E-state index is -0.445. The molecule has 0 spiro atoms. The van der Waals surface area contributed by atoms with Crippen LogP contribution in [0, 0.1) is 5.92 Å². The molecule has 0 N–H and O–H groups in total. The highest BCUT2D eigenvalue weighted by molar-refractivity contribution is 5.63. The Kier molecular flexibility index (Phi) is 11.9. The Bertz CT molecular complexity index is 1230. The first-order valence-electron chi connectivity index (χ1n) is 16.8. The molecule has 1 aliphatic carbocycles. The first-order chi connectivity index (χ1) is 20.8. The van der Waals surface area contributed by atoms with Crippen LogP contribution in [-0.2, 0) is 22.3 Å². The second-order valence-corrected chi connectivity index (χ2v) is 12.4. The van der Waals surface area contributed by atoms with Crippen LogP contribution in [0.3, 0.4) is 0 Å². The van der Waals surface area contributed by atoms with Crippen molar-refractivity contribution in [3.8, 4) is 11.1 Å². The summed E-state index contributed by atoms with van der Waals surface area (Å²) in [6.45, 7) is 2.25. The normalized spacial score (nSPS) is 16.2. The van der Waals surface area contributed by atoms with E-state index in [1.165, 1.54) is 107 Å². The van der Waals surface area contributed by atoms with Crippen molar-refractivity contribution >= 4 is 5.76 Å². The van der Waals surface area contributed by atoms with Crippen LogP contribution in [-0.4, -0.2) is 9.97 Å². The van der Waals surface area contributed by atoms with Crippen LogP contribution < -0.4 is 0 Å². The first kappa shape index (κ1) is 30.3. The largest absolute Gasteiger partial charge is 0.454 e. The lowest BCUT2D eigenvalue weighted by atomic mass is 10.0. The van der Waals surface area contributed by atoms with E-state index in [1.807, 2.05) is 12.4 Å². The van der Waals surface area contributed by atoms with Crippen molar-refractivity contribution in [2.75, 3.05) is 0 Å². The fourth-order valence-corrected chi connectivity index (χ4v) is 5.97. The second-order valence-electron chi connectivity index (χ2n) is 12.4. The standard InChI is InChI=1S/C38H50N2O2/c1-2-3-4-8-13-18-33-19-14-15-20-35(33)38-41-29-36(42-38)37-39-27-34(28-40-37)32-25-23-31(24-26-32)17-12-10-7-5-6-9-11-16-30-21-22-30/h14-15,19-20,23-30,38H,2-13,16-18,21-22H2,1H3. The molecule has 2 aliphatic rings. The maximum absolute atomic E-state index is 6.18. The third-order valence-electron chi connectivity index (χ3n) is 8.83. The number of hydrogen-bond acceptors (Lipinski definition) is 4. The van der Waals surface area contributed by atoms with Crippen LogP contribution in [0.15, 0.2) is 67.2 Å². The lowest BCUT2D eigenvalue weighted by molar-refractivity contribution is -0.0181. The summed E-state index contributed by atoms with van der Waals surface area (Å²) < 4.78 is 12.1. The maximum atomic E-state index is 6.18. The molecule has 1 aromatic heterocycles. The van der Waals surface area contributed by atoms with Gasteiger partial charge in [-0.1, -0.05) is 139 Å². The van der Waals surface area contributed by atoms with Crippen LogP contribution in [0.1, 0.15) is 132 Å². The minimum Gasteiger partial charge on any atom is -0.454 e. The zero-order valence-electron chi connectivity index (χ0n) is 25.7. The summed E-state index contributed by atoms with van der Waals surface area (Å²) in [5.74, 6) is 2.23. The molecule has 1 fully saturated rings. The van der Waals surface area contributed by atoms with Gasteiger partial charge in [0.25, 0.3) is 6.29 Å². The van der Waals surface area contributed by atoms with Crippen molar-refractivity contribution in [2.24, 2.45) is 5.92 Å². The minimum absolute atomic E-state index is 0.445. The number of aromatic nitrogens is 2. The van der Waals surface area contributed by atoms with E-state index in [0.29, 0.717) is 11.6 Å². The van der Waals surface area contributed by atoms with Crippen LogP contribution in [0.2, 0.25) is 0 Å². The lowest BCUT2D eigenvalue weighted by Gasteiger charge is -2.16. The average molecular weight is 567 g/mol. The van der Waals surface area contributed by atoms with E-state index in [2.05, 4.69) is 65.4 Å². The van der Waals surface area contributed by atoms with E-state index in [9.17, 15) is 0 Å². The monoisotopic (exact) mass is 566 g/mol. The number of ether oxygens (including phenoxy) is 2. The lowest BCUT2D eigenvalue weighted by Crippen LogP contribution is -2.04. The van der Waals surface area contributed by atoms with Gasteiger partial charge in [-0.15, -0.1) is 0 Å². The number of hydrogen-bond donors (Lipinski definition) is 0. The molecule has 0 saturated heterocycles. The van der Waals surface area contributed by atoms with E-state index in [0.717, 1.165) is 35.4 Å². The Morgan fingerprint density at radius 3 is 2.10 bits per heavy atom. The Morgan fingerprint density at radius 1 is 0.690 bits per heavy atom. The molecule has 4 heteroatoms. The molecule has 3 aromatic rings. The molecule has 0 amide bonds. The van der Waals surface area contributed by atoms with E-state index in [-0.39, 0.29) is 0 Å². The predicted molar refractivity (Wildman–Crippen MR) is 173 cm³/mol. The third kappa shape index (κ3) is 9.44. The van der Waals surface area contributed by atoms with Gasteiger partial charge in [-0.25, -0.2) is 9.97 Å². The van der Waals surface area contributed by atoms with Gasteiger partial charge in [-0.05, 0) is 48.3 Å². The van der Waals surface area contributed by atoms with Crippen molar-refractivity contribution in [1.82, 2.24) is 9.97 Å². The van der Waals surface area contributed by atoms with Gasteiger partial charge in [0.05, 0.1) is 0 Å². The number of nitrogens with zero attached hydrogens (tertiary/aromatic N) is 2. The zero-order chi connectivity index (χ0) is 28.8. The summed E-state index contributed by atoms with van der Waals surface area (Å²) in [6.07, 6.45) is 27.7. The number of unbranched alkanes of at least 4 members (excludes halogenated alkanes) is 10. The molecule has 42 heavy (non-hydrogen) atoms. The first-order valence-corrected chi connectivity index (χ1v) is 16.8. The number of rotatable bonds is 19. The van der Waals surface area contributed by atoms with Crippen molar-refractivity contribution < 1.29 is 9.47 Å². The summed E-state index contributed by atoms with van der Waals surface area (Å²) in [5, 5.41) is 0. The van der Waals surface area contributed by atoms with Gasteiger partial charge < -0.3 is 9.47 Å². The van der Waals surface area contributed by atoms with Crippen molar-refractivity contribution in [1.29, 1.82) is 0 Å². The molecule has 0 radical (unpaired) electrons. The van der Waals surface area contributed by atoms with Gasteiger partial charge in [0, 0.05) is 23.5 Å². The van der Waals surface area contributed by atoms with Crippen LogP contribution in [0.5, 0.6) is 0 Å². The Hall–Kier alpha value is -3.14. The molecule has 1 unspecified atom stereocenters. The van der Waals surface area contributed by atoms with E-state index in [1.54, 1.807) is 6.26 Å². The summed E-state index contributed by atoms with van der Waals surface area (Å²) in [6, 6.07) is 17.3. The van der Waals surface area contributed by atoms with E-state index >= 15 is 0 Å². The molecule has 5 rings (SSSR count). The van der Waals surface area contributed by atoms with Gasteiger partial charge >= 0.3 is 0 Å². The molecular formula is C38H50N2O2. The fourth-order valence-electron chi connectivity index (χ4n) is 5.97. The number of aryl methyl sites for hydroxylation is 2. The summed E-state index contributed by atoms with van der Waals surface area (Å²) in [5.41, 5.74) is 5.95. The van der Waals surface area contributed by atoms with Gasteiger partial charge in [-0.2, -0.15) is 0 Å². The van der Waals surface area contributed by atoms with Gasteiger partial charge in [-0.3, -0.25) is 0 Å². The van der Waals surface area contributed by atoms with E-state index < -0.39 is 6.29 Å². The molecule has 2 heterocycles. The van der Waals surface area contributed by atoms with Gasteiger partial charge in [0.15, 0.2) is 5.82 Å². The van der Waals surface area contributed by atoms with Crippen molar-refractivity contribution in [3.05, 3.63) is 89.7 Å². The molecule has 4 nitrogen and oxygen atoms in total. The van der Waals surface area contributed by atoms with Gasteiger partial charge in [0.2, 0.25) is 5.76 Å². The SMILES string of the molecule is CCCCCCCc1ccccc1C1OC=C(c2ncc(-c3ccc(CCCCCCCCCC4CC4)cc3)cn2)O1. The second kappa shape index (κ2) is 16.5. The van der Waals surface area contributed by atoms with E-state index in [4.69, 9.17) is 9.47 Å². The molecular weight excluding hydrogens is 516 g/mol. The highest BCUT2D eigenvalue weighted by Crippen LogP contribution is 2.35. The van der Waals surface area contributed by atoms with Gasteiger partial charge in [0.1, 0.15) is 6.26 Å². The Labute approximate surface area is 254 Å². The molecule has 2 aromatic carbocycles. The summed E-state index contributed by atoms with van der Waals surface area (Å²) >= 11 is 0. The topological polar surface area (TPSA) is 44.2 Å². The highest BCUT2D eigenvalue weighted by Gasteiger charge is 2.26. The highest BCUT2D eigenvalue weighted by atomic mass is 16.7. The van der Waals surface area contributed by atoms with Crippen molar-refractivity contribution in [3.63, 3.8) is 0 Å². The molecule has 1 aliphatic heterocycles. The molecule has 224 valence electrons. The van der Waals surface area contributed by atoms with Crippen LogP contribution >= 0.6 is 0 Å². The fraction of sp³-hybridized carbons (Fsp3) is 0.526. The maximum Gasteiger partial charge on any atom is 0.267 e. The Morgan fingerprint density at radius 2 is 1.36 bits per heavy atom. The number of benzene rings is 2.